The number of phenols is 1. The van der Waals surface area contributed by atoms with Crippen molar-refractivity contribution >= 4 is 21.9 Å². The van der Waals surface area contributed by atoms with Gasteiger partial charge in [0.15, 0.2) is 0 Å². The zero-order valence-electron chi connectivity index (χ0n) is 7.03. The lowest BCUT2D eigenvalue weighted by Crippen LogP contribution is -2.16. The average Bonchev–Trinajstić information content (AvgIpc) is 2.08. The highest BCUT2D eigenvalue weighted by Crippen LogP contribution is 2.17. The van der Waals surface area contributed by atoms with E-state index < -0.39 is 0 Å². The van der Waals surface area contributed by atoms with E-state index in [4.69, 9.17) is 9.84 Å². The van der Waals surface area contributed by atoms with E-state index in [0.29, 0.717) is 5.75 Å². The van der Waals surface area contributed by atoms with Gasteiger partial charge in [0.05, 0.1) is 0 Å². The van der Waals surface area contributed by atoms with Gasteiger partial charge in [-0.15, -0.1) is 0 Å². The summed E-state index contributed by atoms with van der Waals surface area (Å²) in [6.45, 7) is 1.68. The minimum absolute atomic E-state index is 0.145. The van der Waals surface area contributed by atoms with Crippen molar-refractivity contribution in [3.05, 3.63) is 24.3 Å². The van der Waals surface area contributed by atoms with Crippen molar-refractivity contribution < 1.29 is 14.6 Å². The van der Waals surface area contributed by atoms with Crippen LogP contribution in [0.1, 0.15) is 6.92 Å². The number of ether oxygens (including phenoxy) is 1. The van der Waals surface area contributed by atoms with Gasteiger partial charge in [-0.1, -0.05) is 15.9 Å². The van der Waals surface area contributed by atoms with Crippen LogP contribution < -0.4 is 4.74 Å². The molecule has 0 amide bonds. The highest BCUT2D eigenvalue weighted by Gasteiger charge is 2.10. The predicted octanol–water partition coefficient (Wildman–Crippen LogP) is 2.08. The predicted molar refractivity (Wildman–Crippen MR) is 52.1 cm³/mol. The van der Waals surface area contributed by atoms with Gasteiger partial charge in [0, 0.05) is 0 Å². The maximum atomic E-state index is 11.1. The number of alkyl halides is 1. The van der Waals surface area contributed by atoms with E-state index in [-0.39, 0.29) is 16.5 Å². The van der Waals surface area contributed by atoms with Crippen molar-refractivity contribution in [1.29, 1.82) is 0 Å². The van der Waals surface area contributed by atoms with Gasteiger partial charge in [-0.25, -0.2) is 0 Å². The van der Waals surface area contributed by atoms with E-state index in [9.17, 15) is 4.79 Å². The fourth-order valence-corrected chi connectivity index (χ4v) is 0.805. The number of carbonyl (C=O) groups excluding carboxylic acids is 1. The molecule has 13 heavy (non-hydrogen) atoms. The van der Waals surface area contributed by atoms with Crippen molar-refractivity contribution in [2.75, 3.05) is 0 Å². The Hall–Kier alpha value is -1.03. The summed E-state index contributed by atoms with van der Waals surface area (Å²) in [5.41, 5.74) is 0. The van der Waals surface area contributed by atoms with E-state index >= 15 is 0 Å². The van der Waals surface area contributed by atoms with Gasteiger partial charge in [0.2, 0.25) is 0 Å². The van der Waals surface area contributed by atoms with Crippen LogP contribution >= 0.6 is 15.9 Å². The Morgan fingerprint density at radius 2 is 2.00 bits per heavy atom. The van der Waals surface area contributed by atoms with E-state index in [1.165, 1.54) is 24.3 Å². The molecule has 0 spiro atoms. The molecule has 0 heterocycles. The molecule has 1 rings (SSSR count). The Balaban J connectivity index is 2.65. The van der Waals surface area contributed by atoms with Gasteiger partial charge in [-0.05, 0) is 31.2 Å². The first-order valence-corrected chi connectivity index (χ1v) is 4.66. The number of phenolic OH excluding ortho intramolecular Hbond substituents is 1. The third kappa shape index (κ3) is 3.06. The van der Waals surface area contributed by atoms with Crippen LogP contribution in [-0.4, -0.2) is 15.9 Å². The molecule has 0 aliphatic rings. The molecule has 0 fully saturated rings. The summed E-state index contributed by atoms with van der Waals surface area (Å²) in [7, 11) is 0. The molecule has 4 heteroatoms. The third-order valence-electron chi connectivity index (χ3n) is 1.38. The lowest BCUT2D eigenvalue weighted by Gasteiger charge is -2.04. The second-order valence-electron chi connectivity index (χ2n) is 2.53. The van der Waals surface area contributed by atoms with Gasteiger partial charge >= 0.3 is 5.97 Å². The van der Waals surface area contributed by atoms with Crippen molar-refractivity contribution in [3.8, 4) is 11.5 Å². The minimum Gasteiger partial charge on any atom is -0.508 e. The molecule has 0 radical (unpaired) electrons. The van der Waals surface area contributed by atoms with Crippen LogP contribution in [0.2, 0.25) is 0 Å². The molecule has 1 N–H and O–H groups in total. The zero-order chi connectivity index (χ0) is 9.84. The second kappa shape index (κ2) is 4.28. The van der Waals surface area contributed by atoms with Crippen molar-refractivity contribution in [2.45, 2.75) is 11.8 Å². The first-order valence-electron chi connectivity index (χ1n) is 3.74. The van der Waals surface area contributed by atoms with Gasteiger partial charge in [0.1, 0.15) is 16.3 Å². The molecular weight excluding hydrogens is 236 g/mol. The Bertz CT molecular complexity index is 292. The van der Waals surface area contributed by atoms with Crippen molar-refractivity contribution in [1.82, 2.24) is 0 Å². The molecule has 0 bridgehead atoms. The summed E-state index contributed by atoms with van der Waals surface area (Å²) in [5.74, 6) is 0.214. The SMILES string of the molecule is CC(Br)C(=O)Oc1ccc(O)cc1. The molecule has 1 aromatic rings. The Labute approximate surface area is 84.5 Å². The lowest BCUT2D eigenvalue weighted by atomic mass is 10.3. The first-order chi connectivity index (χ1) is 6.09. The Morgan fingerprint density at radius 3 is 2.46 bits per heavy atom. The summed E-state index contributed by atoms with van der Waals surface area (Å²) < 4.78 is 4.93. The quantitative estimate of drug-likeness (QED) is 0.493. The number of halogens is 1. The smallest absolute Gasteiger partial charge is 0.324 e. The number of aromatic hydroxyl groups is 1. The fraction of sp³-hybridized carbons (Fsp3) is 0.222. The average molecular weight is 245 g/mol. The highest BCUT2D eigenvalue weighted by atomic mass is 79.9. The van der Waals surface area contributed by atoms with E-state index in [2.05, 4.69) is 15.9 Å². The van der Waals surface area contributed by atoms with Crippen LogP contribution in [0.5, 0.6) is 11.5 Å². The summed E-state index contributed by atoms with van der Waals surface area (Å²) >= 11 is 3.09. The van der Waals surface area contributed by atoms with Crippen molar-refractivity contribution in [2.24, 2.45) is 0 Å². The van der Waals surface area contributed by atoms with Crippen LogP contribution in [0.4, 0.5) is 0 Å². The Morgan fingerprint density at radius 1 is 1.46 bits per heavy atom. The number of rotatable bonds is 2. The summed E-state index contributed by atoms with van der Waals surface area (Å²) in [4.78, 5) is 10.7. The normalized spacial score (nSPS) is 12.2. The number of hydrogen-bond donors (Lipinski definition) is 1. The molecular formula is C9H9BrO3. The largest absolute Gasteiger partial charge is 0.508 e. The molecule has 70 valence electrons. The number of esters is 1. The van der Waals surface area contributed by atoms with Gasteiger partial charge in [0.25, 0.3) is 0 Å². The standard InChI is InChI=1S/C9H9BrO3/c1-6(10)9(12)13-8-4-2-7(11)3-5-8/h2-6,11H,1H3. The minimum atomic E-state index is -0.356. The fourth-order valence-electron chi connectivity index (χ4n) is 0.712. The molecule has 0 aromatic heterocycles. The van der Waals surface area contributed by atoms with Crippen LogP contribution in [-0.2, 0) is 4.79 Å². The van der Waals surface area contributed by atoms with Crippen molar-refractivity contribution in [3.63, 3.8) is 0 Å². The van der Waals surface area contributed by atoms with E-state index in [1.807, 2.05) is 0 Å². The summed E-state index contributed by atoms with van der Waals surface area (Å²) in [6, 6.07) is 5.98. The lowest BCUT2D eigenvalue weighted by molar-refractivity contribution is -0.133. The topological polar surface area (TPSA) is 46.5 Å². The van der Waals surface area contributed by atoms with E-state index in [0.717, 1.165) is 0 Å². The summed E-state index contributed by atoms with van der Waals surface area (Å²) in [5, 5.41) is 8.95. The molecule has 0 aliphatic carbocycles. The van der Waals surface area contributed by atoms with Crippen LogP contribution in [0.25, 0.3) is 0 Å². The maximum absolute atomic E-state index is 11.1. The van der Waals surface area contributed by atoms with Crippen LogP contribution in [0, 0.1) is 0 Å². The number of hydrogen-bond acceptors (Lipinski definition) is 3. The molecule has 3 nitrogen and oxygen atoms in total. The molecule has 0 saturated carbocycles. The van der Waals surface area contributed by atoms with Crippen LogP contribution in [0.15, 0.2) is 24.3 Å². The third-order valence-corrected chi connectivity index (χ3v) is 1.75. The van der Waals surface area contributed by atoms with Crippen LogP contribution in [0.3, 0.4) is 0 Å². The highest BCUT2D eigenvalue weighted by molar-refractivity contribution is 9.10. The second-order valence-corrected chi connectivity index (χ2v) is 3.90. The summed E-state index contributed by atoms with van der Waals surface area (Å²) in [6.07, 6.45) is 0. The monoisotopic (exact) mass is 244 g/mol. The molecule has 1 atom stereocenters. The molecule has 1 aromatic carbocycles. The van der Waals surface area contributed by atoms with Gasteiger partial charge < -0.3 is 9.84 Å². The zero-order valence-corrected chi connectivity index (χ0v) is 8.61. The number of benzene rings is 1. The van der Waals surface area contributed by atoms with E-state index in [1.54, 1.807) is 6.92 Å². The molecule has 1 unspecified atom stereocenters. The number of carbonyl (C=O) groups is 1. The molecule has 0 aliphatic heterocycles. The van der Waals surface area contributed by atoms with Gasteiger partial charge in [-0.2, -0.15) is 0 Å². The molecule has 0 saturated heterocycles. The first kappa shape index (κ1) is 10.1. The van der Waals surface area contributed by atoms with Gasteiger partial charge in [-0.3, -0.25) is 4.79 Å². The Kier molecular flexibility index (Phi) is 3.31. The maximum Gasteiger partial charge on any atom is 0.324 e.